The highest BCUT2D eigenvalue weighted by Crippen LogP contribution is 2.19. The lowest BCUT2D eigenvalue weighted by molar-refractivity contribution is -0.145. The molecule has 0 saturated carbocycles. The minimum Gasteiger partial charge on any atom is -0.278 e. The molecule has 0 aliphatic heterocycles. The Kier molecular flexibility index (Phi) is 19.7. The van der Waals surface area contributed by atoms with E-state index in [-0.39, 0.29) is 11.8 Å². The lowest BCUT2D eigenvalue weighted by atomic mass is 10.1. The van der Waals surface area contributed by atoms with E-state index in [4.69, 9.17) is 0 Å². The topological polar surface area (TPSA) is 40.6 Å². The molecule has 4 nitrogen and oxygen atoms in total. The van der Waals surface area contributed by atoms with Gasteiger partial charge in [0, 0.05) is 24.6 Å². The molecule has 0 aromatic carbocycles. The molecular formula is C22H44N2O2S2. The van der Waals surface area contributed by atoms with Crippen molar-refractivity contribution in [1.29, 1.82) is 0 Å². The standard InChI is InChI=1S/C22H44N2O2S2/c1-5-9-12-14-15-17-19-27-23(8-4)21(25)22(26)24(18-11-7-3)28-20-16-13-10-6-2/h5-20H2,1-4H3. The van der Waals surface area contributed by atoms with Crippen LogP contribution in [0.2, 0.25) is 0 Å². The van der Waals surface area contributed by atoms with Crippen LogP contribution in [0, 0.1) is 0 Å². The van der Waals surface area contributed by atoms with Gasteiger partial charge < -0.3 is 0 Å². The van der Waals surface area contributed by atoms with E-state index in [1.54, 1.807) is 20.6 Å². The Hall–Kier alpha value is -0.360. The summed E-state index contributed by atoms with van der Waals surface area (Å²) in [6, 6.07) is 0. The average molecular weight is 433 g/mol. The first-order chi connectivity index (χ1) is 13.6. The van der Waals surface area contributed by atoms with Crippen molar-refractivity contribution in [2.75, 3.05) is 24.6 Å². The molecule has 0 atom stereocenters. The molecule has 0 rings (SSSR count). The van der Waals surface area contributed by atoms with E-state index in [9.17, 15) is 9.59 Å². The zero-order valence-corrected chi connectivity index (χ0v) is 20.5. The summed E-state index contributed by atoms with van der Waals surface area (Å²) in [6.45, 7) is 9.74. The summed E-state index contributed by atoms with van der Waals surface area (Å²) in [5.74, 6) is 1.14. The molecule has 0 N–H and O–H groups in total. The molecule has 0 radical (unpaired) electrons. The number of hydrogen-bond acceptors (Lipinski definition) is 4. The Balaban J connectivity index is 4.39. The molecule has 0 fully saturated rings. The van der Waals surface area contributed by atoms with Crippen LogP contribution in [0.1, 0.15) is 105 Å². The van der Waals surface area contributed by atoms with Crippen LogP contribution in [-0.2, 0) is 9.59 Å². The molecule has 0 aliphatic carbocycles. The van der Waals surface area contributed by atoms with Gasteiger partial charge in [-0.3, -0.25) is 18.2 Å². The summed E-state index contributed by atoms with van der Waals surface area (Å²) >= 11 is 3.07. The first kappa shape index (κ1) is 27.6. The molecular weight excluding hydrogens is 388 g/mol. The predicted octanol–water partition coefficient (Wildman–Crippen LogP) is 6.70. The quantitative estimate of drug-likeness (QED) is 0.137. The van der Waals surface area contributed by atoms with Crippen LogP contribution < -0.4 is 0 Å². The Bertz CT molecular complexity index is 395. The van der Waals surface area contributed by atoms with E-state index < -0.39 is 0 Å². The monoisotopic (exact) mass is 432 g/mol. The molecule has 6 heteroatoms. The first-order valence-electron chi connectivity index (χ1n) is 11.5. The van der Waals surface area contributed by atoms with Gasteiger partial charge in [-0.05, 0) is 50.1 Å². The van der Waals surface area contributed by atoms with Crippen molar-refractivity contribution in [2.24, 2.45) is 0 Å². The predicted molar refractivity (Wildman–Crippen MR) is 126 cm³/mol. The van der Waals surface area contributed by atoms with Crippen molar-refractivity contribution in [3.8, 4) is 0 Å². The van der Waals surface area contributed by atoms with E-state index in [0.29, 0.717) is 13.1 Å². The van der Waals surface area contributed by atoms with Gasteiger partial charge in [-0.2, -0.15) is 0 Å². The van der Waals surface area contributed by atoms with Crippen LogP contribution in [0.5, 0.6) is 0 Å². The Morgan fingerprint density at radius 1 is 0.571 bits per heavy atom. The molecule has 0 bridgehead atoms. The molecule has 0 spiro atoms. The van der Waals surface area contributed by atoms with Gasteiger partial charge in [0.1, 0.15) is 0 Å². The van der Waals surface area contributed by atoms with E-state index in [2.05, 4.69) is 20.8 Å². The van der Waals surface area contributed by atoms with Gasteiger partial charge >= 0.3 is 11.8 Å². The molecule has 28 heavy (non-hydrogen) atoms. The summed E-state index contributed by atoms with van der Waals surface area (Å²) in [5, 5.41) is 0. The normalized spacial score (nSPS) is 10.9. The van der Waals surface area contributed by atoms with Crippen molar-refractivity contribution >= 4 is 35.7 Å². The van der Waals surface area contributed by atoms with Gasteiger partial charge in [0.15, 0.2) is 0 Å². The summed E-state index contributed by atoms with van der Waals surface area (Å²) in [6.07, 6.45) is 14.2. The smallest absolute Gasteiger partial charge is 0.278 e. The van der Waals surface area contributed by atoms with Crippen molar-refractivity contribution in [3.63, 3.8) is 0 Å². The Morgan fingerprint density at radius 2 is 1.00 bits per heavy atom. The Labute approximate surface area is 183 Å². The molecule has 166 valence electrons. The van der Waals surface area contributed by atoms with Gasteiger partial charge in [0.2, 0.25) is 0 Å². The lowest BCUT2D eigenvalue weighted by Gasteiger charge is -2.24. The van der Waals surface area contributed by atoms with Crippen molar-refractivity contribution in [3.05, 3.63) is 0 Å². The maximum atomic E-state index is 12.8. The van der Waals surface area contributed by atoms with Crippen molar-refractivity contribution < 1.29 is 9.59 Å². The van der Waals surface area contributed by atoms with E-state index in [1.807, 2.05) is 6.92 Å². The number of nitrogens with zero attached hydrogens (tertiary/aromatic N) is 2. The first-order valence-corrected chi connectivity index (χ1v) is 13.4. The third-order valence-electron chi connectivity index (χ3n) is 4.63. The number of hydrogen-bond donors (Lipinski definition) is 0. The average Bonchev–Trinajstić information content (AvgIpc) is 2.71. The van der Waals surface area contributed by atoms with Crippen LogP contribution in [0.3, 0.4) is 0 Å². The fourth-order valence-electron chi connectivity index (χ4n) is 2.79. The second-order valence-electron chi connectivity index (χ2n) is 7.26. The molecule has 2 amide bonds. The van der Waals surface area contributed by atoms with Gasteiger partial charge in [-0.25, -0.2) is 0 Å². The highest BCUT2D eigenvalue weighted by atomic mass is 32.2. The van der Waals surface area contributed by atoms with Crippen LogP contribution in [-0.4, -0.2) is 45.0 Å². The van der Waals surface area contributed by atoms with Gasteiger partial charge in [-0.1, -0.05) is 78.6 Å². The lowest BCUT2D eigenvalue weighted by Crippen LogP contribution is -2.40. The summed E-state index contributed by atoms with van der Waals surface area (Å²) in [4.78, 5) is 25.5. The third kappa shape index (κ3) is 13.8. The van der Waals surface area contributed by atoms with Gasteiger partial charge in [-0.15, -0.1) is 0 Å². The van der Waals surface area contributed by atoms with E-state index in [0.717, 1.165) is 37.2 Å². The zero-order chi connectivity index (χ0) is 21.0. The molecule has 0 aromatic rings. The molecule has 0 aromatic heterocycles. The molecule has 0 saturated heterocycles. The van der Waals surface area contributed by atoms with Crippen LogP contribution in [0.15, 0.2) is 0 Å². The second kappa shape index (κ2) is 19.9. The minimum atomic E-state index is -0.351. The van der Waals surface area contributed by atoms with E-state index in [1.165, 1.54) is 63.3 Å². The number of carbonyl (C=O) groups excluding carboxylic acids is 2. The third-order valence-corrected chi connectivity index (χ3v) is 6.97. The van der Waals surface area contributed by atoms with Crippen LogP contribution in [0.25, 0.3) is 0 Å². The number of amides is 2. The highest BCUT2D eigenvalue weighted by molar-refractivity contribution is 7.98. The van der Waals surface area contributed by atoms with Crippen molar-refractivity contribution in [2.45, 2.75) is 105 Å². The van der Waals surface area contributed by atoms with Gasteiger partial charge in [0.25, 0.3) is 0 Å². The zero-order valence-electron chi connectivity index (χ0n) is 18.8. The fraction of sp³-hybridized carbons (Fsp3) is 0.909. The van der Waals surface area contributed by atoms with E-state index >= 15 is 0 Å². The van der Waals surface area contributed by atoms with Crippen molar-refractivity contribution in [1.82, 2.24) is 8.61 Å². The number of unbranched alkanes of at least 4 members (excludes halogenated alkanes) is 9. The van der Waals surface area contributed by atoms with Gasteiger partial charge in [0.05, 0.1) is 0 Å². The maximum Gasteiger partial charge on any atom is 0.322 e. The number of likely N-dealkylation sites (N-methyl/N-ethyl adjacent to an activating group) is 1. The maximum absolute atomic E-state index is 12.8. The molecule has 0 heterocycles. The summed E-state index contributed by atoms with van der Waals surface area (Å²) < 4.78 is 3.37. The summed E-state index contributed by atoms with van der Waals surface area (Å²) in [5.41, 5.74) is 0. The SMILES string of the molecule is CCCCCCCCSN(CC)C(=O)C(=O)N(CCCC)SCCCCCC. The fourth-order valence-corrected chi connectivity index (χ4v) is 4.73. The number of rotatable bonds is 18. The van der Waals surface area contributed by atoms with Crippen LogP contribution in [0.4, 0.5) is 0 Å². The number of carbonyl (C=O) groups is 2. The molecule has 0 unspecified atom stereocenters. The Morgan fingerprint density at radius 3 is 1.54 bits per heavy atom. The second-order valence-corrected chi connectivity index (χ2v) is 9.47. The molecule has 0 aliphatic rings. The van der Waals surface area contributed by atoms with Crippen LogP contribution >= 0.6 is 23.9 Å². The largest absolute Gasteiger partial charge is 0.322 e. The summed E-state index contributed by atoms with van der Waals surface area (Å²) in [7, 11) is 0. The highest BCUT2D eigenvalue weighted by Gasteiger charge is 2.27. The minimum absolute atomic E-state index is 0.341.